The first-order chi connectivity index (χ1) is 22.0. The van der Waals surface area contributed by atoms with E-state index in [4.69, 9.17) is 9.47 Å². The number of hydrogen-bond acceptors (Lipinski definition) is 7. The number of rotatable bonds is 13. The number of hydrogen-bond donors (Lipinski definition) is 2. The maximum Gasteiger partial charge on any atom is 0.293 e. The zero-order chi connectivity index (χ0) is 33.1. The number of nitrogens with one attached hydrogen (secondary N) is 2. The molecule has 10 nitrogen and oxygen atoms in total. The molecule has 0 aliphatic carbocycles. The third-order valence-electron chi connectivity index (χ3n) is 8.86. The minimum atomic E-state index is -3.57. The summed E-state index contributed by atoms with van der Waals surface area (Å²) in [4.78, 5) is 25.9. The third kappa shape index (κ3) is 6.90. The van der Waals surface area contributed by atoms with Gasteiger partial charge < -0.3 is 24.7 Å². The van der Waals surface area contributed by atoms with E-state index in [-0.39, 0.29) is 12.3 Å². The minimum absolute atomic E-state index is 0.0321. The van der Waals surface area contributed by atoms with Crippen molar-refractivity contribution in [1.29, 1.82) is 0 Å². The summed E-state index contributed by atoms with van der Waals surface area (Å²) < 4.78 is 40.3. The Labute approximate surface area is 270 Å². The van der Waals surface area contributed by atoms with E-state index in [1.54, 1.807) is 13.2 Å². The molecular formula is C35H42N4O6S. The molecule has 244 valence electrons. The van der Waals surface area contributed by atoms with Crippen LogP contribution in [0.3, 0.4) is 0 Å². The van der Waals surface area contributed by atoms with Crippen molar-refractivity contribution < 1.29 is 27.5 Å². The molecule has 2 N–H and O–H groups in total. The first kappa shape index (κ1) is 33.0. The van der Waals surface area contributed by atoms with Gasteiger partial charge in [-0.2, -0.15) is 0 Å². The van der Waals surface area contributed by atoms with Crippen LogP contribution in [0.4, 0.5) is 5.69 Å². The number of carbonyl (C=O) groups excluding carboxylic acids is 2. The van der Waals surface area contributed by atoms with Crippen LogP contribution in [0.15, 0.2) is 72.9 Å². The number of methoxy groups -OCH3 is 1. The first-order valence-electron chi connectivity index (χ1n) is 15.4. The van der Waals surface area contributed by atoms with Crippen LogP contribution in [0, 0.1) is 0 Å². The van der Waals surface area contributed by atoms with Crippen LogP contribution in [0.2, 0.25) is 0 Å². The predicted molar refractivity (Wildman–Crippen MR) is 180 cm³/mol. The van der Waals surface area contributed by atoms with Gasteiger partial charge >= 0.3 is 0 Å². The average Bonchev–Trinajstić information content (AvgIpc) is 3.38. The molecule has 0 radical (unpaired) electrons. The first-order valence-corrected chi connectivity index (χ1v) is 17.0. The van der Waals surface area contributed by atoms with E-state index in [0.717, 1.165) is 39.8 Å². The van der Waals surface area contributed by atoms with Crippen LogP contribution in [-0.4, -0.2) is 64.0 Å². The Balaban J connectivity index is 1.48. The van der Waals surface area contributed by atoms with Crippen LogP contribution in [-0.2, 0) is 44.5 Å². The number of amides is 1. The monoisotopic (exact) mass is 646 g/mol. The largest absolute Gasteiger partial charge is 0.497 e. The summed E-state index contributed by atoms with van der Waals surface area (Å²) in [5.74, 6) is 0.305. The van der Waals surface area contributed by atoms with E-state index < -0.39 is 33.6 Å². The van der Waals surface area contributed by atoms with Crippen molar-refractivity contribution in [3.05, 3.63) is 95.2 Å². The highest BCUT2D eigenvalue weighted by molar-refractivity contribution is 7.92. The van der Waals surface area contributed by atoms with Crippen LogP contribution < -0.4 is 19.7 Å². The molecule has 1 aliphatic heterocycles. The van der Waals surface area contributed by atoms with Crippen molar-refractivity contribution in [2.75, 3.05) is 30.8 Å². The maximum absolute atomic E-state index is 14.1. The lowest BCUT2D eigenvalue weighted by molar-refractivity contribution is -0.134. The van der Waals surface area contributed by atoms with Crippen LogP contribution >= 0.6 is 0 Å². The van der Waals surface area contributed by atoms with Gasteiger partial charge in [-0.3, -0.25) is 13.9 Å². The highest BCUT2D eigenvalue weighted by atomic mass is 32.2. The Kier molecular flexibility index (Phi) is 9.74. The lowest BCUT2D eigenvalue weighted by Gasteiger charge is -2.33. The lowest BCUT2D eigenvalue weighted by atomic mass is 9.93. The van der Waals surface area contributed by atoms with Gasteiger partial charge in [0.25, 0.3) is 12.4 Å². The molecule has 0 bridgehead atoms. The second-order valence-corrected chi connectivity index (χ2v) is 14.3. The van der Waals surface area contributed by atoms with Crippen molar-refractivity contribution in [1.82, 2.24) is 15.2 Å². The Hall–Kier alpha value is -4.35. The molecule has 5 rings (SSSR count). The molecule has 46 heavy (non-hydrogen) atoms. The molecule has 11 heteroatoms. The molecule has 4 aromatic rings. The van der Waals surface area contributed by atoms with Crippen molar-refractivity contribution in [2.24, 2.45) is 0 Å². The van der Waals surface area contributed by atoms with Crippen molar-refractivity contribution in [3.63, 3.8) is 0 Å². The van der Waals surface area contributed by atoms with E-state index in [0.29, 0.717) is 30.7 Å². The summed E-state index contributed by atoms with van der Waals surface area (Å²) >= 11 is 0. The number of anilines is 1. The summed E-state index contributed by atoms with van der Waals surface area (Å²) in [6.45, 7) is 7.07. The molecule has 0 saturated heterocycles. The topological polar surface area (TPSA) is 119 Å². The highest BCUT2D eigenvalue weighted by Gasteiger charge is 2.31. The Morgan fingerprint density at radius 1 is 1.09 bits per heavy atom. The van der Waals surface area contributed by atoms with Gasteiger partial charge in [-0.1, -0.05) is 49.4 Å². The molecule has 1 aliphatic rings. The van der Waals surface area contributed by atoms with E-state index in [1.807, 2.05) is 92.2 Å². The predicted octanol–water partition coefficient (Wildman–Crippen LogP) is 4.40. The Morgan fingerprint density at radius 2 is 1.85 bits per heavy atom. The highest BCUT2D eigenvalue weighted by Crippen LogP contribution is 2.36. The normalized spacial score (nSPS) is 15.5. The maximum atomic E-state index is 14.1. The molecule has 1 aromatic heterocycles. The fraction of sp³-hybridized carbons (Fsp3) is 0.371. The quantitative estimate of drug-likeness (QED) is 0.207. The minimum Gasteiger partial charge on any atom is -0.497 e. The fourth-order valence-electron chi connectivity index (χ4n) is 6.04. The molecule has 3 aromatic carbocycles. The van der Waals surface area contributed by atoms with E-state index >= 15 is 0 Å². The zero-order valence-corrected chi connectivity index (χ0v) is 27.8. The summed E-state index contributed by atoms with van der Waals surface area (Å²) in [6, 6.07) is 20.3. The zero-order valence-electron chi connectivity index (χ0n) is 26.9. The number of aromatic nitrogens is 1. The number of sulfonamides is 1. The molecule has 0 spiro atoms. The van der Waals surface area contributed by atoms with Gasteiger partial charge in [0.2, 0.25) is 10.0 Å². The van der Waals surface area contributed by atoms with E-state index in [1.165, 1.54) is 11.4 Å². The lowest BCUT2D eigenvalue weighted by Crippen LogP contribution is -2.52. The summed E-state index contributed by atoms with van der Waals surface area (Å²) in [7, 11) is -0.422. The van der Waals surface area contributed by atoms with Gasteiger partial charge in [0.1, 0.15) is 11.9 Å². The van der Waals surface area contributed by atoms with Crippen LogP contribution in [0.5, 0.6) is 5.75 Å². The smallest absolute Gasteiger partial charge is 0.293 e. The molecule has 0 fully saturated rings. The van der Waals surface area contributed by atoms with Gasteiger partial charge in [-0.15, -0.1) is 0 Å². The number of aryl methyl sites for hydroxylation is 2. The van der Waals surface area contributed by atoms with Crippen molar-refractivity contribution >= 4 is 39.0 Å². The van der Waals surface area contributed by atoms with Crippen LogP contribution in [0.25, 0.3) is 10.9 Å². The van der Waals surface area contributed by atoms with Gasteiger partial charge in [0.05, 0.1) is 30.1 Å². The molecule has 2 atom stereocenters. The second-order valence-electron chi connectivity index (χ2n) is 12.2. The van der Waals surface area contributed by atoms with Crippen molar-refractivity contribution in [2.45, 2.75) is 57.8 Å². The molecule has 1 amide bonds. The SMILES string of the molecule is CCc1cn2c3c(cc(C(=O)N[C@@H](Cc4ccccc4)[C@@H](CNC(C)(C)c4cccc(OC)c4)OC=O)cc13)N(C)S(=O)(=O)CC2. The van der Waals surface area contributed by atoms with Gasteiger partial charge in [0, 0.05) is 42.8 Å². The molecular weight excluding hydrogens is 604 g/mol. The van der Waals surface area contributed by atoms with Crippen LogP contribution in [0.1, 0.15) is 47.8 Å². The molecule has 0 saturated carbocycles. The van der Waals surface area contributed by atoms with E-state index in [9.17, 15) is 18.0 Å². The Morgan fingerprint density at radius 3 is 2.54 bits per heavy atom. The number of benzene rings is 3. The number of nitrogens with zero attached hydrogens (tertiary/aromatic N) is 2. The standard InChI is InChI=1S/C35H42N4O6S/c1-6-25-22-39-15-16-46(42,43)38(4)31-19-26(18-29(25)33(31)39)34(41)37-30(17-24-11-8-7-9-12-24)32(45-23-40)21-36-35(2,3)27-13-10-14-28(20-27)44-5/h7-14,18-20,22-23,30,32,36H,6,15-17,21H2,1-5H3,(H,37,41)/t30-,32+/m0/s1. The fourth-order valence-corrected chi connectivity index (χ4v) is 7.18. The molecule has 2 heterocycles. The van der Waals surface area contributed by atoms with Crippen molar-refractivity contribution in [3.8, 4) is 5.75 Å². The van der Waals surface area contributed by atoms with Gasteiger partial charge in [-0.25, -0.2) is 8.42 Å². The van der Waals surface area contributed by atoms with E-state index in [2.05, 4.69) is 10.6 Å². The average molecular weight is 647 g/mol. The van der Waals surface area contributed by atoms with Gasteiger partial charge in [-0.05, 0) is 67.6 Å². The summed E-state index contributed by atoms with van der Waals surface area (Å²) in [5, 5.41) is 7.49. The summed E-state index contributed by atoms with van der Waals surface area (Å²) in [6.07, 6.45) is 2.37. The number of carbonyl (C=O) groups is 2. The third-order valence-corrected chi connectivity index (χ3v) is 10.6. The Bertz CT molecular complexity index is 1820. The summed E-state index contributed by atoms with van der Waals surface area (Å²) in [5.41, 5.74) is 4.03. The number of ether oxygens (including phenoxy) is 2. The second kappa shape index (κ2) is 13.6. The molecule has 0 unspecified atom stereocenters. The van der Waals surface area contributed by atoms with Gasteiger partial charge in [0.15, 0.2) is 0 Å².